The molecule has 0 saturated heterocycles. The maximum Gasteiger partial charge on any atom is 0.126 e. The quantitative estimate of drug-likeness (QED) is 0.869. The highest BCUT2D eigenvalue weighted by molar-refractivity contribution is 7.99. The summed E-state index contributed by atoms with van der Waals surface area (Å²) >= 11 is 1.99. The Morgan fingerprint density at radius 1 is 1.31 bits per heavy atom. The van der Waals surface area contributed by atoms with Crippen LogP contribution in [0.3, 0.4) is 0 Å². The van der Waals surface area contributed by atoms with Gasteiger partial charge in [0.2, 0.25) is 0 Å². The molecule has 2 atom stereocenters. The fourth-order valence-corrected chi connectivity index (χ4v) is 3.22. The Bertz CT molecular complexity index is 323. The number of pyridine rings is 1. The highest BCUT2D eigenvalue weighted by Gasteiger charge is 2.24. The molecule has 2 rings (SSSR count). The van der Waals surface area contributed by atoms with Crippen molar-refractivity contribution < 1.29 is 0 Å². The molecule has 1 heterocycles. The van der Waals surface area contributed by atoms with E-state index in [0.717, 1.165) is 11.1 Å². The molecule has 0 aromatic carbocycles. The Labute approximate surface area is 102 Å². The van der Waals surface area contributed by atoms with E-state index in [1.807, 2.05) is 18.0 Å². The van der Waals surface area contributed by atoms with Crippen LogP contribution in [0.4, 0.5) is 5.82 Å². The minimum absolute atomic E-state index is 0.596. The number of aromatic nitrogens is 1. The molecule has 0 amide bonds. The van der Waals surface area contributed by atoms with E-state index < -0.39 is 0 Å². The van der Waals surface area contributed by atoms with E-state index in [2.05, 4.69) is 35.6 Å². The minimum Gasteiger partial charge on any atom is -0.366 e. The summed E-state index contributed by atoms with van der Waals surface area (Å²) in [6, 6.07) is 4.80. The number of nitrogens with zero attached hydrogens (tertiary/aromatic N) is 1. The number of anilines is 1. The van der Waals surface area contributed by atoms with Gasteiger partial charge >= 0.3 is 0 Å². The van der Waals surface area contributed by atoms with Crippen LogP contribution in [0.1, 0.15) is 31.2 Å². The molecule has 0 spiro atoms. The summed E-state index contributed by atoms with van der Waals surface area (Å²) in [6.07, 6.45) is 9.49. The van der Waals surface area contributed by atoms with Gasteiger partial charge in [-0.1, -0.05) is 18.9 Å². The van der Waals surface area contributed by atoms with Crippen LogP contribution < -0.4 is 5.32 Å². The normalized spacial score (nSPS) is 25.4. The van der Waals surface area contributed by atoms with Crippen molar-refractivity contribution in [3.63, 3.8) is 0 Å². The van der Waals surface area contributed by atoms with Crippen molar-refractivity contribution in [3.8, 4) is 0 Å². The zero-order valence-electron chi connectivity index (χ0n) is 10.1. The van der Waals surface area contributed by atoms with Crippen molar-refractivity contribution in [1.82, 2.24) is 4.98 Å². The van der Waals surface area contributed by atoms with E-state index in [1.54, 1.807) is 0 Å². The number of aryl methyl sites for hydroxylation is 1. The van der Waals surface area contributed by atoms with Crippen molar-refractivity contribution in [2.45, 2.75) is 43.9 Å². The van der Waals surface area contributed by atoms with Crippen LogP contribution in [0.2, 0.25) is 0 Å². The predicted octanol–water partition coefficient (Wildman–Crippen LogP) is 3.48. The zero-order valence-corrected chi connectivity index (χ0v) is 10.9. The molecule has 1 aromatic heterocycles. The molecule has 2 unspecified atom stereocenters. The van der Waals surface area contributed by atoms with Gasteiger partial charge in [-0.2, -0.15) is 11.8 Å². The third-order valence-corrected chi connectivity index (χ3v) is 4.42. The summed E-state index contributed by atoms with van der Waals surface area (Å²) in [5, 5.41) is 4.32. The first-order valence-corrected chi connectivity index (χ1v) is 7.30. The highest BCUT2D eigenvalue weighted by atomic mass is 32.2. The number of hydrogen-bond acceptors (Lipinski definition) is 3. The Kier molecular flexibility index (Phi) is 4.10. The Hall–Kier alpha value is -0.700. The molecule has 0 radical (unpaired) electrons. The topological polar surface area (TPSA) is 24.9 Å². The summed E-state index contributed by atoms with van der Waals surface area (Å²) < 4.78 is 0. The van der Waals surface area contributed by atoms with Gasteiger partial charge < -0.3 is 5.32 Å². The van der Waals surface area contributed by atoms with E-state index in [-0.39, 0.29) is 0 Å². The highest BCUT2D eigenvalue weighted by Crippen LogP contribution is 2.29. The van der Waals surface area contributed by atoms with Gasteiger partial charge in [-0.05, 0) is 37.7 Å². The summed E-state index contributed by atoms with van der Waals surface area (Å²) in [6.45, 7) is 2.07. The largest absolute Gasteiger partial charge is 0.366 e. The summed E-state index contributed by atoms with van der Waals surface area (Å²) in [5.41, 5.74) is 1.22. The summed E-state index contributed by atoms with van der Waals surface area (Å²) in [5.74, 6) is 1.02. The molecule has 1 fully saturated rings. The summed E-state index contributed by atoms with van der Waals surface area (Å²) in [4.78, 5) is 4.42. The second-order valence-electron chi connectivity index (χ2n) is 4.53. The molecular weight excluding hydrogens is 216 g/mol. The first-order chi connectivity index (χ1) is 7.79. The van der Waals surface area contributed by atoms with Crippen LogP contribution >= 0.6 is 11.8 Å². The Morgan fingerprint density at radius 2 is 2.12 bits per heavy atom. The minimum atomic E-state index is 0.596. The van der Waals surface area contributed by atoms with Gasteiger partial charge in [-0.25, -0.2) is 4.98 Å². The van der Waals surface area contributed by atoms with Crippen molar-refractivity contribution >= 4 is 17.6 Å². The third-order valence-electron chi connectivity index (χ3n) is 3.25. The number of rotatable bonds is 3. The first kappa shape index (κ1) is 11.8. The third kappa shape index (κ3) is 2.91. The number of thioether (sulfide) groups is 1. The van der Waals surface area contributed by atoms with Crippen molar-refractivity contribution in [2.75, 3.05) is 11.6 Å². The first-order valence-electron chi connectivity index (χ1n) is 6.01. The van der Waals surface area contributed by atoms with Gasteiger partial charge in [0, 0.05) is 17.5 Å². The van der Waals surface area contributed by atoms with Crippen molar-refractivity contribution in [2.24, 2.45) is 0 Å². The van der Waals surface area contributed by atoms with Crippen LogP contribution in [0.15, 0.2) is 18.3 Å². The second-order valence-corrected chi connectivity index (χ2v) is 5.61. The van der Waals surface area contributed by atoms with E-state index in [0.29, 0.717) is 6.04 Å². The molecule has 1 aliphatic carbocycles. The Morgan fingerprint density at radius 3 is 2.81 bits per heavy atom. The molecule has 1 saturated carbocycles. The van der Waals surface area contributed by atoms with Gasteiger partial charge in [-0.15, -0.1) is 0 Å². The van der Waals surface area contributed by atoms with Gasteiger partial charge in [-0.3, -0.25) is 0 Å². The smallest absolute Gasteiger partial charge is 0.126 e. The molecule has 88 valence electrons. The lowest BCUT2D eigenvalue weighted by molar-refractivity contribution is 0.474. The van der Waals surface area contributed by atoms with Crippen LogP contribution in [-0.2, 0) is 0 Å². The molecule has 1 aromatic rings. The fraction of sp³-hybridized carbons (Fsp3) is 0.615. The lowest BCUT2D eigenvalue weighted by Crippen LogP contribution is -2.34. The number of nitrogens with one attached hydrogen (secondary N) is 1. The standard InChI is InChI=1S/C13H20N2S/c1-10-7-8-13(14-9-10)15-11-5-3-4-6-12(11)16-2/h7-9,11-12H,3-6H2,1-2H3,(H,14,15). The van der Waals surface area contributed by atoms with Gasteiger partial charge in [0.05, 0.1) is 0 Å². The van der Waals surface area contributed by atoms with Gasteiger partial charge in [0.15, 0.2) is 0 Å². The maximum absolute atomic E-state index is 4.42. The summed E-state index contributed by atoms with van der Waals surface area (Å²) in [7, 11) is 0. The monoisotopic (exact) mass is 236 g/mol. The predicted molar refractivity (Wildman–Crippen MR) is 72.2 cm³/mol. The number of hydrogen-bond donors (Lipinski definition) is 1. The molecule has 2 nitrogen and oxygen atoms in total. The van der Waals surface area contributed by atoms with E-state index in [4.69, 9.17) is 0 Å². The van der Waals surface area contributed by atoms with Gasteiger partial charge in [0.25, 0.3) is 0 Å². The molecule has 1 aliphatic rings. The molecular formula is C13H20N2S. The molecule has 16 heavy (non-hydrogen) atoms. The van der Waals surface area contributed by atoms with E-state index >= 15 is 0 Å². The average Bonchev–Trinajstić information content (AvgIpc) is 2.33. The SMILES string of the molecule is CSC1CCCCC1Nc1ccc(C)cn1. The lowest BCUT2D eigenvalue weighted by atomic mass is 9.95. The van der Waals surface area contributed by atoms with Crippen LogP contribution in [-0.4, -0.2) is 22.5 Å². The van der Waals surface area contributed by atoms with Crippen molar-refractivity contribution in [1.29, 1.82) is 0 Å². The molecule has 3 heteroatoms. The Balaban J connectivity index is 1.99. The van der Waals surface area contributed by atoms with E-state index in [1.165, 1.54) is 31.2 Å². The fourth-order valence-electron chi connectivity index (χ4n) is 2.29. The molecule has 1 N–H and O–H groups in total. The molecule has 0 aliphatic heterocycles. The lowest BCUT2D eigenvalue weighted by Gasteiger charge is -2.31. The average molecular weight is 236 g/mol. The van der Waals surface area contributed by atoms with Crippen LogP contribution in [0.5, 0.6) is 0 Å². The zero-order chi connectivity index (χ0) is 11.4. The maximum atomic E-state index is 4.42. The second kappa shape index (κ2) is 5.58. The van der Waals surface area contributed by atoms with E-state index in [9.17, 15) is 0 Å². The van der Waals surface area contributed by atoms with Crippen LogP contribution in [0.25, 0.3) is 0 Å². The van der Waals surface area contributed by atoms with Gasteiger partial charge in [0.1, 0.15) is 5.82 Å². The molecule has 0 bridgehead atoms. The van der Waals surface area contributed by atoms with Crippen molar-refractivity contribution in [3.05, 3.63) is 23.9 Å². The van der Waals surface area contributed by atoms with Crippen LogP contribution in [0, 0.1) is 6.92 Å².